The minimum absolute atomic E-state index is 0.159. The number of amides is 2. The maximum atomic E-state index is 13.6. The third kappa shape index (κ3) is 4.76. The van der Waals surface area contributed by atoms with E-state index in [1.807, 2.05) is 20.8 Å². The van der Waals surface area contributed by atoms with Gasteiger partial charge in [-0.25, -0.2) is 14.6 Å². The van der Waals surface area contributed by atoms with Crippen molar-refractivity contribution in [2.24, 2.45) is 0 Å². The maximum absolute atomic E-state index is 13.6. The van der Waals surface area contributed by atoms with Crippen LogP contribution >= 0.6 is 22.9 Å². The van der Waals surface area contributed by atoms with Crippen LogP contribution < -0.4 is 10.2 Å². The first-order valence-electron chi connectivity index (χ1n) is 11.5. The maximum Gasteiger partial charge on any atom is 0.276 e. The molecule has 0 radical (unpaired) electrons. The molecule has 5 rings (SSSR count). The van der Waals surface area contributed by atoms with Gasteiger partial charge in [-0.15, -0.1) is 0 Å². The van der Waals surface area contributed by atoms with Gasteiger partial charge >= 0.3 is 0 Å². The lowest BCUT2D eigenvalue weighted by Gasteiger charge is -2.34. The monoisotopic (exact) mass is 524 g/mol. The fourth-order valence-electron chi connectivity index (χ4n) is 3.98. The van der Waals surface area contributed by atoms with Gasteiger partial charge in [-0.1, -0.05) is 29.0 Å². The van der Waals surface area contributed by atoms with Gasteiger partial charge in [0.25, 0.3) is 11.8 Å². The molecule has 1 fully saturated rings. The molecule has 1 N–H and O–H groups in total. The molecule has 36 heavy (non-hydrogen) atoms. The van der Waals surface area contributed by atoms with Crippen molar-refractivity contribution >= 4 is 56.2 Å². The van der Waals surface area contributed by atoms with Gasteiger partial charge in [0.05, 0.1) is 5.54 Å². The third-order valence-corrected chi connectivity index (χ3v) is 6.97. The fraction of sp³-hybridized carbons (Fsp3) is 0.333. The molecular weight excluding hydrogens is 500 g/mol. The molecule has 0 aliphatic carbocycles. The molecule has 3 aromatic heterocycles. The van der Waals surface area contributed by atoms with E-state index in [1.54, 1.807) is 52.3 Å². The number of nitrogens with zero attached hydrogens (tertiary/aromatic N) is 7. The molecule has 12 heteroatoms. The van der Waals surface area contributed by atoms with E-state index < -0.39 is 5.54 Å². The van der Waals surface area contributed by atoms with Crippen LogP contribution in [-0.2, 0) is 5.54 Å². The van der Waals surface area contributed by atoms with Gasteiger partial charge in [-0.2, -0.15) is 10.1 Å². The van der Waals surface area contributed by atoms with Gasteiger partial charge in [0, 0.05) is 49.2 Å². The number of anilines is 2. The molecule has 0 saturated carbocycles. The number of halogens is 1. The van der Waals surface area contributed by atoms with Crippen LogP contribution in [0, 0.1) is 0 Å². The van der Waals surface area contributed by atoms with Gasteiger partial charge in [0.2, 0.25) is 5.95 Å². The summed E-state index contributed by atoms with van der Waals surface area (Å²) in [6.45, 7) is 8.29. The molecule has 0 spiro atoms. The predicted octanol–water partition coefficient (Wildman–Crippen LogP) is 3.91. The van der Waals surface area contributed by atoms with E-state index in [9.17, 15) is 9.59 Å². The summed E-state index contributed by atoms with van der Waals surface area (Å²) in [4.78, 5) is 43.4. The Morgan fingerprint density at radius 1 is 1.06 bits per heavy atom. The number of hydrogen-bond donors (Lipinski definition) is 1. The van der Waals surface area contributed by atoms with Gasteiger partial charge in [0.1, 0.15) is 4.70 Å². The summed E-state index contributed by atoms with van der Waals surface area (Å²) < 4.78 is 2.39. The number of fused-ring (bicyclic) bond motifs is 1. The van der Waals surface area contributed by atoms with Gasteiger partial charge in [-0.3, -0.25) is 14.9 Å². The zero-order valence-corrected chi connectivity index (χ0v) is 21.7. The number of carbonyl (C=O) groups is 2. The van der Waals surface area contributed by atoms with E-state index in [-0.39, 0.29) is 11.8 Å². The third-order valence-electron chi connectivity index (χ3n) is 5.77. The van der Waals surface area contributed by atoms with Crippen LogP contribution in [0.5, 0.6) is 0 Å². The minimum Gasteiger partial charge on any atom is -0.337 e. The summed E-state index contributed by atoms with van der Waals surface area (Å²) in [7, 11) is 0. The summed E-state index contributed by atoms with van der Waals surface area (Å²) in [6.07, 6.45) is 3.42. The molecule has 4 aromatic rings. The Balaban J connectivity index is 1.40. The second-order valence-electron chi connectivity index (χ2n) is 9.40. The van der Waals surface area contributed by atoms with Crippen LogP contribution in [0.25, 0.3) is 10.3 Å². The minimum atomic E-state index is -0.414. The highest BCUT2D eigenvalue weighted by atomic mass is 35.5. The van der Waals surface area contributed by atoms with Crippen LogP contribution in [0.15, 0.2) is 42.7 Å². The highest BCUT2D eigenvalue weighted by Gasteiger charge is 2.31. The molecule has 1 aliphatic rings. The van der Waals surface area contributed by atoms with Gasteiger partial charge < -0.3 is 9.80 Å². The molecule has 0 unspecified atom stereocenters. The molecule has 1 aliphatic heterocycles. The second kappa shape index (κ2) is 9.47. The highest BCUT2D eigenvalue weighted by molar-refractivity contribution is 7.22. The van der Waals surface area contributed by atoms with Crippen molar-refractivity contribution in [3.63, 3.8) is 0 Å². The molecule has 10 nitrogen and oxygen atoms in total. The number of aromatic nitrogens is 5. The molecule has 0 bridgehead atoms. The zero-order chi connectivity index (χ0) is 25.4. The van der Waals surface area contributed by atoms with E-state index >= 15 is 0 Å². The molecule has 186 valence electrons. The Bertz CT molecular complexity index is 1420. The number of benzene rings is 1. The molecule has 1 aromatic carbocycles. The molecule has 4 heterocycles. The Morgan fingerprint density at radius 2 is 1.78 bits per heavy atom. The van der Waals surface area contributed by atoms with Crippen LogP contribution in [0.4, 0.5) is 11.1 Å². The van der Waals surface area contributed by atoms with Crippen LogP contribution in [0.1, 0.15) is 41.6 Å². The van der Waals surface area contributed by atoms with Crippen molar-refractivity contribution in [3.05, 3.63) is 59.0 Å². The van der Waals surface area contributed by atoms with E-state index in [4.69, 9.17) is 11.6 Å². The summed E-state index contributed by atoms with van der Waals surface area (Å²) in [5, 5.41) is 8.37. The van der Waals surface area contributed by atoms with Crippen molar-refractivity contribution in [2.75, 3.05) is 36.4 Å². The van der Waals surface area contributed by atoms with E-state index in [0.29, 0.717) is 63.9 Å². The summed E-state index contributed by atoms with van der Waals surface area (Å²) in [5.74, 6) is 0.177. The van der Waals surface area contributed by atoms with Crippen LogP contribution in [0.3, 0.4) is 0 Å². The van der Waals surface area contributed by atoms with Crippen LogP contribution in [-0.4, -0.2) is 67.6 Å². The first-order valence-corrected chi connectivity index (χ1v) is 12.7. The summed E-state index contributed by atoms with van der Waals surface area (Å²) in [5.41, 5.74) is 0.914. The first-order chi connectivity index (χ1) is 17.2. The first kappa shape index (κ1) is 24.1. The number of thiazole rings is 1. The lowest BCUT2D eigenvalue weighted by molar-refractivity contribution is 0.0740. The van der Waals surface area contributed by atoms with Crippen molar-refractivity contribution in [1.82, 2.24) is 29.6 Å². The number of hydrogen-bond acceptors (Lipinski definition) is 8. The topological polar surface area (TPSA) is 109 Å². The number of piperazine rings is 1. The molecule has 0 atom stereocenters. The fourth-order valence-corrected chi connectivity index (χ4v) is 5.08. The van der Waals surface area contributed by atoms with Crippen LogP contribution in [0.2, 0.25) is 5.02 Å². The Labute approximate surface area is 216 Å². The van der Waals surface area contributed by atoms with E-state index in [0.717, 1.165) is 0 Å². The van der Waals surface area contributed by atoms with E-state index in [1.165, 1.54) is 11.3 Å². The van der Waals surface area contributed by atoms with Gasteiger partial charge in [0.15, 0.2) is 16.5 Å². The Hall–Kier alpha value is -3.57. The number of nitrogens with one attached hydrogen (secondary N) is 1. The molecule has 2 amide bonds. The van der Waals surface area contributed by atoms with Crippen molar-refractivity contribution in [2.45, 2.75) is 26.3 Å². The number of rotatable bonds is 4. The van der Waals surface area contributed by atoms with E-state index in [2.05, 4.69) is 30.3 Å². The second-order valence-corrected chi connectivity index (χ2v) is 10.8. The smallest absolute Gasteiger partial charge is 0.276 e. The van der Waals surface area contributed by atoms with Crippen molar-refractivity contribution in [1.29, 1.82) is 0 Å². The molecular formula is C24H25ClN8O2S. The lowest BCUT2D eigenvalue weighted by Crippen LogP contribution is -2.49. The Morgan fingerprint density at radius 3 is 2.44 bits per heavy atom. The normalized spacial score (nSPS) is 14.3. The number of carbonyl (C=O) groups excluding carboxylic acids is 2. The van der Waals surface area contributed by atoms with Gasteiger partial charge in [-0.05, 0) is 45.0 Å². The Kier molecular flexibility index (Phi) is 6.35. The summed E-state index contributed by atoms with van der Waals surface area (Å²) in [6, 6.07) is 8.48. The van der Waals surface area contributed by atoms with Crippen molar-refractivity contribution < 1.29 is 9.59 Å². The molecule has 1 saturated heterocycles. The quantitative estimate of drug-likeness (QED) is 0.431. The standard InChI is InChI=1S/C24H25ClN8O2S/c1-24(2,3)33-19-18(36-23(28-19)29-20(34)15-6-4-7-16(25)14-15)17(30-33)21(35)31-10-12-32(13-11-31)22-26-8-5-9-27-22/h4-9,14H,10-13H2,1-3H3,(H,28,29,34). The predicted molar refractivity (Wildman–Crippen MR) is 140 cm³/mol. The van der Waals surface area contributed by atoms with Crippen molar-refractivity contribution in [3.8, 4) is 0 Å². The zero-order valence-electron chi connectivity index (χ0n) is 20.1. The largest absolute Gasteiger partial charge is 0.337 e. The average Bonchev–Trinajstić information content (AvgIpc) is 3.42. The lowest BCUT2D eigenvalue weighted by atomic mass is 10.1. The summed E-state index contributed by atoms with van der Waals surface area (Å²) >= 11 is 7.27. The average molecular weight is 525 g/mol. The SMILES string of the molecule is CC(C)(C)n1nc(C(=O)N2CCN(c3ncccn3)CC2)c2sc(NC(=O)c3cccc(Cl)c3)nc21. The highest BCUT2D eigenvalue weighted by Crippen LogP contribution is 2.33.